The molecule has 154 valence electrons. The van der Waals surface area contributed by atoms with Gasteiger partial charge >= 0.3 is 0 Å². The molecule has 7 heteroatoms. The summed E-state index contributed by atoms with van der Waals surface area (Å²) in [5.41, 5.74) is 4.42. The van der Waals surface area contributed by atoms with Crippen LogP contribution in [0.1, 0.15) is 19.0 Å². The molecular weight excluding hydrogens is 418 g/mol. The number of rotatable bonds is 6. The lowest BCUT2D eigenvalue weighted by Gasteiger charge is -2.12. The zero-order valence-corrected chi connectivity index (χ0v) is 18.6. The number of hydrogen-bond donors (Lipinski definition) is 0. The van der Waals surface area contributed by atoms with Crippen molar-refractivity contribution < 1.29 is 9.29 Å². The molecule has 5 nitrogen and oxygen atoms in total. The van der Waals surface area contributed by atoms with Gasteiger partial charge in [-0.05, 0) is 73.1 Å². The predicted octanol–water partition coefficient (Wildman–Crippen LogP) is 5.55. The monoisotopic (exact) mass is 439 g/mol. The number of hydrogen-bond acceptors (Lipinski definition) is 4. The summed E-state index contributed by atoms with van der Waals surface area (Å²) in [6.45, 7) is 3.95. The van der Waals surface area contributed by atoms with E-state index >= 15 is 0 Å². The lowest BCUT2D eigenvalue weighted by molar-refractivity contribution is 0.415. The van der Waals surface area contributed by atoms with Crippen molar-refractivity contribution in [1.82, 2.24) is 14.4 Å². The average Bonchev–Trinajstić information content (AvgIpc) is 3.12. The highest BCUT2D eigenvalue weighted by Gasteiger charge is 2.20. The first-order chi connectivity index (χ1) is 14.5. The molecule has 30 heavy (non-hydrogen) atoms. The van der Waals surface area contributed by atoms with Gasteiger partial charge in [-0.15, -0.1) is 0 Å². The predicted molar refractivity (Wildman–Crippen MR) is 122 cm³/mol. The molecule has 1 atom stereocenters. The Morgan fingerprint density at radius 2 is 1.80 bits per heavy atom. The maximum atomic E-state index is 12.4. The molecular formula is C23H22ClN3O2S. The second kappa shape index (κ2) is 8.68. The topological polar surface area (TPSA) is 62.5 Å². The largest absolute Gasteiger partial charge is 0.611 e. The number of aromatic nitrogens is 3. The Hall–Kier alpha value is -2.54. The van der Waals surface area contributed by atoms with Crippen molar-refractivity contribution in [2.24, 2.45) is 0 Å². The van der Waals surface area contributed by atoms with Gasteiger partial charge in [-0.3, -0.25) is 4.40 Å². The fourth-order valence-electron chi connectivity index (χ4n) is 3.37. The summed E-state index contributed by atoms with van der Waals surface area (Å²) in [5, 5.41) is 0.495. The molecule has 0 aliphatic rings. The van der Waals surface area contributed by atoms with E-state index in [0.717, 1.165) is 40.4 Å². The molecule has 2 aromatic heterocycles. The van der Waals surface area contributed by atoms with Crippen LogP contribution in [0.3, 0.4) is 0 Å². The smallest absolute Gasteiger partial charge is 0.235 e. The number of methoxy groups -OCH3 is 1. The SMILES string of the molecule is CCC[S+]([O-])c1ccc(-c2c(-c3ccc(OC)cc3)nc3nc(C)ccn23)cc1Cl. The van der Waals surface area contributed by atoms with Crippen LogP contribution in [0.5, 0.6) is 5.75 Å². The Bertz CT molecular complexity index is 1190. The number of aryl methyl sites for hydroxylation is 1. The second-order valence-corrected chi connectivity index (χ2v) is 8.92. The molecule has 0 spiro atoms. The minimum Gasteiger partial charge on any atom is -0.611 e. The van der Waals surface area contributed by atoms with E-state index in [9.17, 15) is 4.55 Å². The molecule has 4 aromatic rings. The van der Waals surface area contributed by atoms with Crippen molar-refractivity contribution in [2.45, 2.75) is 25.2 Å². The van der Waals surface area contributed by atoms with Crippen LogP contribution in [0, 0.1) is 6.92 Å². The average molecular weight is 440 g/mol. The highest BCUT2D eigenvalue weighted by atomic mass is 35.5. The van der Waals surface area contributed by atoms with Gasteiger partial charge in [-0.25, -0.2) is 9.97 Å². The summed E-state index contributed by atoms with van der Waals surface area (Å²) in [7, 11) is 1.64. The van der Waals surface area contributed by atoms with Crippen LogP contribution in [-0.4, -0.2) is 31.8 Å². The first-order valence-electron chi connectivity index (χ1n) is 9.70. The van der Waals surface area contributed by atoms with Gasteiger partial charge < -0.3 is 9.29 Å². The van der Waals surface area contributed by atoms with Crippen molar-refractivity contribution in [1.29, 1.82) is 0 Å². The molecule has 0 amide bonds. The molecule has 2 aromatic carbocycles. The fraction of sp³-hybridized carbons (Fsp3) is 0.217. The third-order valence-electron chi connectivity index (χ3n) is 4.84. The van der Waals surface area contributed by atoms with E-state index in [0.29, 0.717) is 21.4 Å². The third kappa shape index (κ3) is 3.90. The Morgan fingerprint density at radius 1 is 1.07 bits per heavy atom. The maximum Gasteiger partial charge on any atom is 0.235 e. The molecule has 1 unspecified atom stereocenters. The van der Waals surface area contributed by atoms with Gasteiger partial charge in [0, 0.05) is 23.0 Å². The number of imidazole rings is 1. The quantitative estimate of drug-likeness (QED) is 0.369. The molecule has 0 saturated heterocycles. The van der Waals surface area contributed by atoms with E-state index in [-0.39, 0.29) is 0 Å². The van der Waals surface area contributed by atoms with Crippen molar-refractivity contribution in [2.75, 3.05) is 12.9 Å². The van der Waals surface area contributed by atoms with E-state index in [4.69, 9.17) is 21.3 Å². The van der Waals surface area contributed by atoms with Gasteiger partial charge in [0.05, 0.1) is 23.5 Å². The molecule has 0 saturated carbocycles. The van der Waals surface area contributed by atoms with Crippen molar-refractivity contribution in [3.8, 4) is 28.3 Å². The number of halogens is 1. The van der Waals surface area contributed by atoms with Crippen LogP contribution in [0.4, 0.5) is 0 Å². The Labute approximate surface area is 183 Å². The van der Waals surface area contributed by atoms with Crippen LogP contribution < -0.4 is 4.74 Å². The molecule has 0 N–H and O–H groups in total. The standard InChI is InChI=1S/C23H22ClN3O2S/c1-4-13-30(28)20-10-7-17(14-19(20)24)22-21(16-5-8-18(29-3)9-6-16)26-23-25-15(2)11-12-27(22)23/h5-12,14H,4,13H2,1-3H3. The van der Waals surface area contributed by atoms with Crippen LogP contribution in [0.2, 0.25) is 5.02 Å². The zero-order chi connectivity index (χ0) is 21.3. The Morgan fingerprint density at radius 3 is 2.47 bits per heavy atom. The van der Waals surface area contributed by atoms with Crippen LogP contribution in [0.15, 0.2) is 59.6 Å². The van der Waals surface area contributed by atoms with E-state index in [1.54, 1.807) is 7.11 Å². The van der Waals surface area contributed by atoms with Gasteiger partial charge in [0.2, 0.25) is 5.78 Å². The van der Waals surface area contributed by atoms with Crippen LogP contribution >= 0.6 is 11.6 Å². The normalized spacial score (nSPS) is 12.3. The molecule has 0 aliphatic carbocycles. The maximum absolute atomic E-state index is 12.4. The fourth-order valence-corrected chi connectivity index (χ4v) is 4.90. The number of ether oxygens (including phenoxy) is 1. The summed E-state index contributed by atoms with van der Waals surface area (Å²) in [5.74, 6) is 1.99. The molecule has 0 aliphatic heterocycles. The molecule has 0 radical (unpaired) electrons. The van der Waals surface area contributed by atoms with Crippen LogP contribution in [0.25, 0.3) is 28.3 Å². The van der Waals surface area contributed by atoms with E-state index < -0.39 is 11.2 Å². The first-order valence-corrected chi connectivity index (χ1v) is 11.4. The van der Waals surface area contributed by atoms with E-state index in [1.807, 2.05) is 73.0 Å². The van der Waals surface area contributed by atoms with E-state index in [1.165, 1.54) is 0 Å². The highest BCUT2D eigenvalue weighted by molar-refractivity contribution is 7.91. The van der Waals surface area contributed by atoms with Gasteiger partial charge in [0.15, 0.2) is 4.90 Å². The van der Waals surface area contributed by atoms with Crippen molar-refractivity contribution in [3.05, 3.63) is 65.4 Å². The summed E-state index contributed by atoms with van der Waals surface area (Å²) < 4.78 is 19.7. The van der Waals surface area contributed by atoms with E-state index in [2.05, 4.69) is 4.98 Å². The summed E-state index contributed by atoms with van der Waals surface area (Å²) in [6.07, 6.45) is 2.80. The minimum absolute atomic E-state index is 0.495. The molecule has 0 fully saturated rings. The number of benzene rings is 2. The molecule has 2 heterocycles. The summed E-state index contributed by atoms with van der Waals surface area (Å²) in [4.78, 5) is 10.0. The Balaban J connectivity index is 1.89. The lowest BCUT2D eigenvalue weighted by atomic mass is 10.0. The van der Waals surface area contributed by atoms with Gasteiger partial charge in [-0.2, -0.15) is 0 Å². The van der Waals surface area contributed by atoms with Crippen molar-refractivity contribution in [3.63, 3.8) is 0 Å². The Kier molecular flexibility index (Phi) is 5.99. The molecule has 0 bridgehead atoms. The minimum atomic E-state index is -1.11. The first kappa shape index (κ1) is 20.7. The number of nitrogens with zero attached hydrogens (tertiary/aromatic N) is 3. The lowest BCUT2D eigenvalue weighted by Crippen LogP contribution is -2.06. The third-order valence-corrected chi connectivity index (χ3v) is 6.89. The van der Waals surface area contributed by atoms with Crippen molar-refractivity contribution >= 4 is 28.6 Å². The molecule has 4 rings (SSSR count). The van der Waals surface area contributed by atoms with Gasteiger partial charge in [0.1, 0.15) is 11.5 Å². The van der Waals surface area contributed by atoms with Gasteiger partial charge in [-0.1, -0.05) is 18.5 Å². The van der Waals surface area contributed by atoms with Crippen LogP contribution in [-0.2, 0) is 11.2 Å². The zero-order valence-electron chi connectivity index (χ0n) is 17.1. The van der Waals surface area contributed by atoms with Gasteiger partial charge in [0.25, 0.3) is 0 Å². The second-order valence-electron chi connectivity index (χ2n) is 6.97. The number of fused-ring (bicyclic) bond motifs is 1. The summed E-state index contributed by atoms with van der Waals surface area (Å²) >= 11 is 5.43. The summed E-state index contributed by atoms with van der Waals surface area (Å²) in [6, 6.07) is 15.4. The highest BCUT2D eigenvalue weighted by Crippen LogP contribution is 2.36.